The first-order valence-corrected chi connectivity index (χ1v) is 4.58. The lowest BCUT2D eigenvalue weighted by Gasteiger charge is -2.35. The van der Waals surface area contributed by atoms with E-state index in [2.05, 4.69) is 6.07 Å². The standard InChI is InChI=1S/C11H9F2NO/c12-9-2-1-8(10(13)3-9)4-11(5-14)6-15-7-11/h1-3H,4,6-7H2. The molecule has 1 aliphatic heterocycles. The number of rotatable bonds is 2. The molecule has 0 bridgehead atoms. The fourth-order valence-corrected chi connectivity index (χ4v) is 1.58. The predicted molar refractivity (Wildman–Crippen MR) is 48.9 cm³/mol. The molecule has 1 heterocycles. The summed E-state index contributed by atoms with van der Waals surface area (Å²) < 4.78 is 30.9. The van der Waals surface area contributed by atoms with Gasteiger partial charge in [-0.05, 0) is 18.1 Å². The fraction of sp³-hybridized carbons (Fsp3) is 0.364. The summed E-state index contributed by atoms with van der Waals surface area (Å²) in [7, 11) is 0. The first kappa shape index (κ1) is 10.1. The lowest BCUT2D eigenvalue weighted by molar-refractivity contribution is -0.0768. The summed E-state index contributed by atoms with van der Waals surface area (Å²) >= 11 is 0. The molecule has 1 aromatic rings. The Labute approximate surface area is 86.1 Å². The van der Waals surface area contributed by atoms with Gasteiger partial charge in [0.1, 0.15) is 17.0 Å². The summed E-state index contributed by atoms with van der Waals surface area (Å²) in [6, 6.07) is 5.53. The number of halogens is 2. The molecule has 0 unspecified atom stereocenters. The highest BCUT2D eigenvalue weighted by atomic mass is 19.1. The van der Waals surface area contributed by atoms with E-state index in [1.54, 1.807) is 0 Å². The zero-order valence-electron chi connectivity index (χ0n) is 7.96. The Morgan fingerprint density at radius 2 is 2.13 bits per heavy atom. The van der Waals surface area contributed by atoms with Gasteiger partial charge in [-0.3, -0.25) is 0 Å². The number of hydrogen-bond donors (Lipinski definition) is 0. The van der Waals surface area contributed by atoms with Crippen molar-refractivity contribution in [1.29, 1.82) is 5.26 Å². The van der Waals surface area contributed by atoms with Gasteiger partial charge in [0.2, 0.25) is 0 Å². The third-order valence-corrected chi connectivity index (χ3v) is 2.54. The van der Waals surface area contributed by atoms with Crippen molar-refractivity contribution >= 4 is 0 Å². The van der Waals surface area contributed by atoms with Crippen molar-refractivity contribution in [1.82, 2.24) is 0 Å². The monoisotopic (exact) mass is 209 g/mol. The number of ether oxygens (including phenoxy) is 1. The number of nitriles is 1. The molecule has 0 amide bonds. The molecule has 2 rings (SSSR count). The van der Waals surface area contributed by atoms with Gasteiger partial charge in [0, 0.05) is 6.07 Å². The van der Waals surface area contributed by atoms with E-state index in [1.807, 2.05) is 0 Å². The second kappa shape index (κ2) is 3.59. The molecule has 0 radical (unpaired) electrons. The van der Waals surface area contributed by atoms with Gasteiger partial charge in [-0.15, -0.1) is 0 Å². The van der Waals surface area contributed by atoms with Gasteiger partial charge in [-0.25, -0.2) is 8.78 Å². The van der Waals surface area contributed by atoms with Crippen LogP contribution in [-0.2, 0) is 11.2 Å². The van der Waals surface area contributed by atoms with Crippen LogP contribution in [0.15, 0.2) is 18.2 Å². The normalized spacial score (nSPS) is 17.9. The lowest BCUT2D eigenvalue weighted by atomic mass is 9.81. The van der Waals surface area contributed by atoms with Gasteiger partial charge in [0.05, 0.1) is 19.3 Å². The van der Waals surface area contributed by atoms with E-state index in [1.165, 1.54) is 12.1 Å². The Morgan fingerprint density at radius 1 is 1.40 bits per heavy atom. The highest BCUT2D eigenvalue weighted by Crippen LogP contribution is 2.31. The summed E-state index contributed by atoms with van der Waals surface area (Å²) in [5, 5.41) is 8.92. The van der Waals surface area contributed by atoms with Crippen LogP contribution in [0.2, 0.25) is 0 Å². The third kappa shape index (κ3) is 1.83. The van der Waals surface area contributed by atoms with Crippen molar-refractivity contribution in [2.24, 2.45) is 5.41 Å². The smallest absolute Gasteiger partial charge is 0.129 e. The zero-order valence-corrected chi connectivity index (χ0v) is 7.96. The summed E-state index contributed by atoms with van der Waals surface area (Å²) in [4.78, 5) is 0. The summed E-state index contributed by atoms with van der Waals surface area (Å²) in [5.41, 5.74) is -0.264. The van der Waals surface area contributed by atoms with E-state index < -0.39 is 17.0 Å². The molecule has 0 N–H and O–H groups in total. The van der Waals surface area contributed by atoms with E-state index in [0.29, 0.717) is 18.8 Å². The van der Waals surface area contributed by atoms with Crippen LogP contribution < -0.4 is 0 Å². The van der Waals surface area contributed by atoms with E-state index in [-0.39, 0.29) is 6.42 Å². The number of hydrogen-bond acceptors (Lipinski definition) is 2. The second-order valence-corrected chi connectivity index (χ2v) is 3.80. The van der Waals surface area contributed by atoms with Crippen molar-refractivity contribution in [2.45, 2.75) is 6.42 Å². The molecule has 1 aliphatic rings. The largest absolute Gasteiger partial charge is 0.378 e. The van der Waals surface area contributed by atoms with Crippen LogP contribution in [-0.4, -0.2) is 13.2 Å². The Balaban J connectivity index is 2.21. The SMILES string of the molecule is N#CC1(Cc2ccc(F)cc2F)COC1. The summed E-state index contributed by atoms with van der Waals surface area (Å²) in [5.74, 6) is -1.20. The Morgan fingerprint density at radius 3 is 2.60 bits per heavy atom. The van der Waals surface area contributed by atoms with Crippen molar-refractivity contribution in [3.63, 3.8) is 0 Å². The van der Waals surface area contributed by atoms with Crippen LogP contribution in [0.25, 0.3) is 0 Å². The molecule has 1 aromatic carbocycles. The Hall–Kier alpha value is -1.47. The molecule has 2 nitrogen and oxygen atoms in total. The minimum absolute atomic E-state index is 0.273. The molecule has 0 aromatic heterocycles. The second-order valence-electron chi connectivity index (χ2n) is 3.80. The van der Waals surface area contributed by atoms with Crippen LogP contribution in [0.5, 0.6) is 0 Å². The first-order chi connectivity index (χ1) is 7.15. The summed E-state index contributed by atoms with van der Waals surface area (Å²) in [6.07, 6.45) is 0.273. The van der Waals surface area contributed by atoms with Crippen LogP contribution in [0.3, 0.4) is 0 Å². The Kier molecular flexibility index (Phi) is 2.41. The molecular weight excluding hydrogens is 200 g/mol. The fourth-order valence-electron chi connectivity index (χ4n) is 1.58. The van der Waals surface area contributed by atoms with E-state index in [9.17, 15) is 8.78 Å². The minimum atomic E-state index is -0.626. The van der Waals surface area contributed by atoms with E-state index >= 15 is 0 Å². The van der Waals surface area contributed by atoms with Gasteiger partial charge in [-0.2, -0.15) is 5.26 Å². The van der Waals surface area contributed by atoms with Gasteiger partial charge >= 0.3 is 0 Å². The summed E-state index contributed by atoms with van der Waals surface area (Å²) in [6.45, 7) is 0.640. The maximum absolute atomic E-state index is 13.3. The Bertz CT molecular complexity index is 421. The predicted octanol–water partition coefficient (Wildman–Crippen LogP) is 2.05. The van der Waals surface area contributed by atoms with Crippen LogP contribution >= 0.6 is 0 Å². The van der Waals surface area contributed by atoms with E-state index in [0.717, 1.165) is 6.07 Å². The average Bonchev–Trinajstić information content (AvgIpc) is 2.14. The maximum atomic E-state index is 13.3. The van der Waals surface area contributed by atoms with Crippen molar-refractivity contribution in [2.75, 3.05) is 13.2 Å². The van der Waals surface area contributed by atoms with E-state index in [4.69, 9.17) is 10.00 Å². The van der Waals surface area contributed by atoms with Crippen molar-refractivity contribution < 1.29 is 13.5 Å². The average molecular weight is 209 g/mol. The number of benzene rings is 1. The molecule has 0 aliphatic carbocycles. The highest BCUT2D eigenvalue weighted by Gasteiger charge is 2.39. The molecule has 15 heavy (non-hydrogen) atoms. The topological polar surface area (TPSA) is 33.0 Å². The van der Waals surface area contributed by atoms with Gasteiger partial charge in [0.15, 0.2) is 0 Å². The molecular formula is C11H9F2NO. The first-order valence-electron chi connectivity index (χ1n) is 4.58. The van der Waals surface area contributed by atoms with Crippen molar-refractivity contribution in [3.05, 3.63) is 35.4 Å². The zero-order chi connectivity index (χ0) is 10.9. The molecule has 0 saturated carbocycles. The molecule has 1 saturated heterocycles. The van der Waals surface area contributed by atoms with Crippen LogP contribution in [0, 0.1) is 28.4 Å². The molecule has 0 atom stereocenters. The lowest BCUT2D eigenvalue weighted by Crippen LogP contribution is -2.43. The third-order valence-electron chi connectivity index (χ3n) is 2.54. The minimum Gasteiger partial charge on any atom is -0.378 e. The van der Waals surface area contributed by atoms with Gasteiger partial charge in [-0.1, -0.05) is 6.07 Å². The van der Waals surface area contributed by atoms with Gasteiger partial charge in [0.25, 0.3) is 0 Å². The quantitative estimate of drug-likeness (QED) is 0.746. The van der Waals surface area contributed by atoms with Crippen LogP contribution in [0.1, 0.15) is 5.56 Å². The van der Waals surface area contributed by atoms with Crippen LogP contribution in [0.4, 0.5) is 8.78 Å². The maximum Gasteiger partial charge on any atom is 0.129 e. The molecule has 1 fully saturated rings. The highest BCUT2D eigenvalue weighted by molar-refractivity contribution is 5.23. The molecule has 0 spiro atoms. The molecule has 4 heteroatoms. The van der Waals surface area contributed by atoms with Crippen molar-refractivity contribution in [3.8, 4) is 6.07 Å². The van der Waals surface area contributed by atoms with Gasteiger partial charge < -0.3 is 4.74 Å². The molecule has 78 valence electrons. The number of nitrogens with zero attached hydrogens (tertiary/aromatic N) is 1.